The third-order valence-electron chi connectivity index (χ3n) is 6.44. The number of benzene rings is 1. The lowest BCUT2D eigenvalue weighted by molar-refractivity contribution is 0.257. The second kappa shape index (κ2) is 9.59. The van der Waals surface area contributed by atoms with E-state index >= 15 is 0 Å². The van der Waals surface area contributed by atoms with E-state index in [2.05, 4.69) is 42.4 Å². The molecule has 1 fully saturated rings. The predicted octanol–water partition coefficient (Wildman–Crippen LogP) is 2.98. The fourth-order valence-corrected chi connectivity index (χ4v) is 4.73. The third kappa shape index (κ3) is 4.56. The molecule has 5 rings (SSSR count). The summed E-state index contributed by atoms with van der Waals surface area (Å²) in [6.07, 6.45) is 4.04. The number of H-pyrrole nitrogens is 1. The van der Waals surface area contributed by atoms with Gasteiger partial charge in [0.1, 0.15) is 23.1 Å². The van der Waals surface area contributed by atoms with Gasteiger partial charge in [-0.05, 0) is 31.4 Å². The summed E-state index contributed by atoms with van der Waals surface area (Å²) in [5.41, 5.74) is 1.95. The Morgan fingerprint density at radius 1 is 1.26 bits per heavy atom. The van der Waals surface area contributed by atoms with Crippen LogP contribution in [0.4, 0.5) is 15.9 Å². The largest absolute Gasteiger partial charge is 0.421 e. The van der Waals surface area contributed by atoms with E-state index in [1.165, 1.54) is 12.1 Å². The molecule has 1 saturated heterocycles. The van der Waals surface area contributed by atoms with Crippen molar-refractivity contribution in [3.63, 3.8) is 0 Å². The average Bonchev–Trinajstić information content (AvgIpc) is 3.22. The van der Waals surface area contributed by atoms with Gasteiger partial charge in [0.25, 0.3) is 0 Å². The van der Waals surface area contributed by atoms with Crippen LogP contribution in [0.2, 0.25) is 0 Å². The number of aliphatic hydroxyl groups excluding tert-OH is 1. The topological polar surface area (TPSA) is 124 Å². The van der Waals surface area contributed by atoms with Crippen LogP contribution in [0, 0.1) is 18.7 Å². The number of anilines is 2. The minimum atomic E-state index is -0.342. The molecule has 4 aromatic rings. The molecular weight excluding hydrogens is 451 g/mol. The fourth-order valence-electron chi connectivity index (χ4n) is 4.73. The van der Waals surface area contributed by atoms with Crippen LogP contribution in [0.25, 0.3) is 21.9 Å². The first-order valence-electron chi connectivity index (χ1n) is 11.7. The molecule has 1 aliphatic heterocycles. The molecular formula is C24H29FN8O2. The minimum Gasteiger partial charge on any atom is -0.421 e. The number of hydrogen-bond donors (Lipinski definition) is 4. The highest BCUT2D eigenvalue weighted by Gasteiger charge is 2.29. The molecule has 4 N–H and O–H groups in total. The fraction of sp³-hybridized carbons (Fsp3) is 0.417. The Balaban J connectivity index is 1.61. The Morgan fingerprint density at radius 3 is 2.77 bits per heavy atom. The summed E-state index contributed by atoms with van der Waals surface area (Å²) in [6.45, 7) is 6.13. The van der Waals surface area contributed by atoms with Crippen LogP contribution < -0.4 is 20.3 Å². The highest BCUT2D eigenvalue weighted by molar-refractivity contribution is 6.14. The number of nitrogens with zero attached hydrogens (tertiary/aromatic N) is 5. The molecule has 2 atom stereocenters. The summed E-state index contributed by atoms with van der Waals surface area (Å²) < 4.78 is 20.4. The van der Waals surface area contributed by atoms with Crippen molar-refractivity contribution in [2.75, 3.05) is 43.5 Å². The van der Waals surface area contributed by atoms with Crippen molar-refractivity contribution in [1.29, 1.82) is 0 Å². The standard InChI is InChI=1S/C24H29FN8O2/c1-13-12-33(6-4-18(13)27-5-7-34)23-20-17-8-15(25)9-19(26-3)21(17)30-22(20)31-24(32-23)35-16-10-28-14(2)29-11-16/h8-11,13,18,26-27,34H,4-7,12H2,1-3H3,(H,30,31,32). The Morgan fingerprint density at radius 2 is 2.06 bits per heavy atom. The van der Waals surface area contributed by atoms with Crippen molar-refractivity contribution in [2.45, 2.75) is 26.3 Å². The molecule has 11 heteroatoms. The van der Waals surface area contributed by atoms with E-state index in [0.29, 0.717) is 52.6 Å². The van der Waals surface area contributed by atoms with Gasteiger partial charge >= 0.3 is 6.01 Å². The molecule has 1 aromatic carbocycles. The van der Waals surface area contributed by atoms with Crippen molar-refractivity contribution < 1.29 is 14.2 Å². The molecule has 3 aromatic heterocycles. The lowest BCUT2D eigenvalue weighted by Crippen LogP contribution is -2.49. The molecule has 0 aliphatic carbocycles. The first kappa shape index (κ1) is 23.2. The number of aliphatic hydroxyl groups is 1. The summed E-state index contributed by atoms with van der Waals surface area (Å²) in [5.74, 6) is 1.72. The molecule has 10 nitrogen and oxygen atoms in total. The number of fused-ring (bicyclic) bond motifs is 3. The van der Waals surface area contributed by atoms with Gasteiger partial charge in [0.2, 0.25) is 0 Å². The molecule has 0 bridgehead atoms. The second-order valence-electron chi connectivity index (χ2n) is 8.87. The maximum absolute atomic E-state index is 14.5. The van der Waals surface area contributed by atoms with E-state index in [-0.39, 0.29) is 18.4 Å². The van der Waals surface area contributed by atoms with Gasteiger partial charge in [-0.2, -0.15) is 9.97 Å². The van der Waals surface area contributed by atoms with Crippen LogP contribution in [0.5, 0.6) is 11.8 Å². The Kier molecular flexibility index (Phi) is 6.35. The summed E-state index contributed by atoms with van der Waals surface area (Å²) >= 11 is 0. The SMILES string of the molecule is CNc1cc(F)cc2c1[nH]c1nc(Oc3cnc(C)nc3)nc(N3CCC(NCCO)C(C)C3)c12. The number of piperidine rings is 1. The molecule has 0 radical (unpaired) electrons. The second-order valence-corrected chi connectivity index (χ2v) is 8.87. The first-order valence-corrected chi connectivity index (χ1v) is 11.7. The van der Waals surface area contributed by atoms with Crippen LogP contribution in [-0.4, -0.2) is 69.4 Å². The van der Waals surface area contributed by atoms with Crippen molar-refractivity contribution in [3.8, 4) is 11.8 Å². The van der Waals surface area contributed by atoms with Gasteiger partial charge in [0.15, 0.2) is 5.75 Å². The predicted molar refractivity (Wildman–Crippen MR) is 133 cm³/mol. The van der Waals surface area contributed by atoms with Gasteiger partial charge in [0.05, 0.1) is 35.6 Å². The van der Waals surface area contributed by atoms with Crippen LogP contribution in [0.3, 0.4) is 0 Å². The van der Waals surface area contributed by atoms with Crippen molar-refractivity contribution in [3.05, 3.63) is 36.2 Å². The average molecular weight is 481 g/mol. The maximum atomic E-state index is 14.5. The van der Waals surface area contributed by atoms with Crippen LogP contribution in [0.15, 0.2) is 24.5 Å². The number of hydrogen-bond acceptors (Lipinski definition) is 9. The Hall–Kier alpha value is -3.57. The highest BCUT2D eigenvalue weighted by Crippen LogP contribution is 2.38. The Bertz CT molecular complexity index is 1340. The monoisotopic (exact) mass is 480 g/mol. The van der Waals surface area contributed by atoms with E-state index in [9.17, 15) is 9.50 Å². The molecule has 0 saturated carbocycles. The number of aromatic amines is 1. The molecule has 0 spiro atoms. The number of aryl methyl sites for hydroxylation is 1. The lowest BCUT2D eigenvalue weighted by Gasteiger charge is -2.38. The van der Waals surface area contributed by atoms with E-state index in [1.807, 2.05) is 0 Å². The van der Waals surface area contributed by atoms with E-state index in [0.717, 1.165) is 30.4 Å². The molecule has 1 aliphatic rings. The molecule has 2 unspecified atom stereocenters. The zero-order valence-corrected chi connectivity index (χ0v) is 20.0. The van der Waals surface area contributed by atoms with Crippen LogP contribution >= 0.6 is 0 Å². The summed E-state index contributed by atoms with van der Waals surface area (Å²) in [5, 5.41) is 17.1. The van der Waals surface area contributed by atoms with Crippen molar-refractivity contribution in [1.82, 2.24) is 30.2 Å². The highest BCUT2D eigenvalue weighted by atomic mass is 19.1. The maximum Gasteiger partial charge on any atom is 0.326 e. The van der Waals surface area contributed by atoms with Gasteiger partial charge in [-0.15, -0.1) is 0 Å². The molecule has 0 amide bonds. The van der Waals surface area contributed by atoms with E-state index in [4.69, 9.17) is 9.72 Å². The van der Waals surface area contributed by atoms with Crippen molar-refractivity contribution in [2.24, 2.45) is 5.92 Å². The van der Waals surface area contributed by atoms with Gasteiger partial charge in [-0.3, -0.25) is 0 Å². The minimum absolute atomic E-state index is 0.109. The third-order valence-corrected chi connectivity index (χ3v) is 6.44. The molecule has 4 heterocycles. The van der Waals surface area contributed by atoms with E-state index in [1.54, 1.807) is 26.4 Å². The summed E-state index contributed by atoms with van der Waals surface area (Å²) in [7, 11) is 1.75. The van der Waals surface area contributed by atoms with E-state index < -0.39 is 0 Å². The quantitative estimate of drug-likeness (QED) is 0.316. The summed E-state index contributed by atoms with van der Waals surface area (Å²) in [4.78, 5) is 23.3. The van der Waals surface area contributed by atoms with Gasteiger partial charge in [-0.1, -0.05) is 6.92 Å². The molecule has 184 valence electrons. The zero-order valence-electron chi connectivity index (χ0n) is 20.0. The first-order chi connectivity index (χ1) is 17.0. The number of ether oxygens (including phenoxy) is 1. The number of nitrogens with one attached hydrogen (secondary N) is 3. The lowest BCUT2D eigenvalue weighted by atomic mass is 9.93. The number of halogens is 1. The number of rotatable bonds is 7. The van der Waals surface area contributed by atoms with Gasteiger partial charge in [0, 0.05) is 38.1 Å². The zero-order chi connectivity index (χ0) is 24.5. The summed E-state index contributed by atoms with van der Waals surface area (Å²) in [6, 6.07) is 3.42. The molecule has 35 heavy (non-hydrogen) atoms. The van der Waals surface area contributed by atoms with Crippen LogP contribution in [-0.2, 0) is 0 Å². The van der Waals surface area contributed by atoms with Crippen LogP contribution in [0.1, 0.15) is 19.2 Å². The number of aromatic nitrogens is 5. The van der Waals surface area contributed by atoms with Gasteiger partial charge in [-0.25, -0.2) is 14.4 Å². The van der Waals surface area contributed by atoms with Crippen molar-refractivity contribution >= 4 is 33.4 Å². The Labute approximate surface area is 202 Å². The van der Waals surface area contributed by atoms with Gasteiger partial charge < -0.3 is 30.4 Å². The normalized spacial score (nSPS) is 18.4. The smallest absolute Gasteiger partial charge is 0.326 e.